The third kappa shape index (κ3) is 2.92. The molecule has 2 aliphatic heterocycles. The minimum Gasteiger partial charge on any atom is -0.454 e. The van der Waals surface area contributed by atoms with Gasteiger partial charge in [-0.1, -0.05) is 0 Å². The van der Waals surface area contributed by atoms with Crippen molar-refractivity contribution >= 4 is 28.3 Å². The number of anilines is 1. The van der Waals surface area contributed by atoms with Crippen molar-refractivity contribution in [1.29, 1.82) is 0 Å². The van der Waals surface area contributed by atoms with E-state index in [4.69, 9.17) is 9.47 Å². The standard InChI is InChI=1S/C16H15N3O4S/c20-14-4-2-10(6-17-14)15(21)19-16-18-11(7-24-16)9-1-3-12-13(5-9)23-8-22-12/h1,3,5,7,10H,2,4,6,8H2,(H,17,20)(H,18,19,21)/t10-/m0/s1. The molecule has 1 fully saturated rings. The molecule has 0 radical (unpaired) electrons. The third-order valence-corrected chi connectivity index (χ3v) is 4.80. The zero-order valence-corrected chi connectivity index (χ0v) is 13.5. The Kier molecular flexibility index (Phi) is 3.81. The summed E-state index contributed by atoms with van der Waals surface area (Å²) in [5.74, 6) is 1.10. The van der Waals surface area contributed by atoms with E-state index >= 15 is 0 Å². The molecule has 0 unspecified atom stereocenters. The first kappa shape index (κ1) is 14.9. The number of fused-ring (bicyclic) bond motifs is 1. The normalized spacial score (nSPS) is 19.0. The summed E-state index contributed by atoms with van der Waals surface area (Å²) in [6.45, 7) is 0.611. The number of amides is 2. The van der Waals surface area contributed by atoms with E-state index in [1.54, 1.807) is 0 Å². The summed E-state index contributed by atoms with van der Waals surface area (Å²) in [5.41, 5.74) is 1.67. The lowest BCUT2D eigenvalue weighted by atomic mass is 9.98. The SMILES string of the molecule is O=C1CC[C@H](C(=O)Nc2nc(-c3ccc4c(c3)OCO4)cs2)CN1. The van der Waals surface area contributed by atoms with E-state index in [-0.39, 0.29) is 24.5 Å². The number of nitrogens with one attached hydrogen (secondary N) is 2. The van der Waals surface area contributed by atoms with Crippen molar-refractivity contribution in [2.75, 3.05) is 18.7 Å². The Morgan fingerprint density at radius 1 is 1.33 bits per heavy atom. The highest BCUT2D eigenvalue weighted by molar-refractivity contribution is 7.14. The lowest BCUT2D eigenvalue weighted by molar-refractivity contribution is -0.126. The molecule has 3 heterocycles. The molecule has 0 aliphatic carbocycles. The number of benzene rings is 1. The van der Waals surface area contributed by atoms with E-state index < -0.39 is 0 Å². The van der Waals surface area contributed by atoms with Crippen molar-refractivity contribution in [3.63, 3.8) is 0 Å². The molecule has 8 heteroatoms. The monoisotopic (exact) mass is 345 g/mol. The van der Waals surface area contributed by atoms with Gasteiger partial charge in [-0.05, 0) is 24.6 Å². The second-order valence-corrected chi connectivity index (χ2v) is 6.49. The highest BCUT2D eigenvalue weighted by Crippen LogP contribution is 2.36. The van der Waals surface area contributed by atoms with Crippen LogP contribution in [0.2, 0.25) is 0 Å². The molecule has 0 saturated carbocycles. The van der Waals surface area contributed by atoms with Gasteiger partial charge in [0, 0.05) is 23.9 Å². The molecule has 24 heavy (non-hydrogen) atoms. The van der Waals surface area contributed by atoms with Gasteiger partial charge in [0.1, 0.15) is 0 Å². The van der Waals surface area contributed by atoms with Gasteiger partial charge in [0.15, 0.2) is 16.6 Å². The molecule has 2 amide bonds. The Labute approximate surface area is 142 Å². The van der Waals surface area contributed by atoms with Crippen LogP contribution in [-0.4, -0.2) is 30.1 Å². The van der Waals surface area contributed by atoms with E-state index in [0.717, 1.165) is 17.0 Å². The number of carbonyl (C=O) groups excluding carboxylic acids is 2. The van der Waals surface area contributed by atoms with Gasteiger partial charge in [0.25, 0.3) is 0 Å². The first-order valence-corrected chi connectivity index (χ1v) is 8.50. The van der Waals surface area contributed by atoms with Crippen LogP contribution >= 0.6 is 11.3 Å². The summed E-state index contributed by atoms with van der Waals surface area (Å²) < 4.78 is 10.7. The molecule has 2 N–H and O–H groups in total. The van der Waals surface area contributed by atoms with Crippen LogP contribution in [0.4, 0.5) is 5.13 Å². The minimum atomic E-state index is -0.208. The van der Waals surface area contributed by atoms with E-state index in [0.29, 0.717) is 30.3 Å². The van der Waals surface area contributed by atoms with Crippen molar-refractivity contribution in [3.8, 4) is 22.8 Å². The van der Waals surface area contributed by atoms with Crippen LogP contribution in [0.1, 0.15) is 12.8 Å². The van der Waals surface area contributed by atoms with Crippen LogP contribution in [0.5, 0.6) is 11.5 Å². The second kappa shape index (κ2) is 6.12. The summed E-state index contributed by atoms with van der Waals surface area (Å²) in [7, 11) is 0. The first-order valence-electron chi connectivity index (χ1n) is 7.62. The number of hydrogen-bond acceptors (Lipinski definition) is 6. The number of aromatic nitrogens is 1. The molecule has 7 nitrogen and oxygen atoms in total. The maximum atomic E-state index is 12.2. The van der Waals surface area contributed by atoms with Crippen LogP contribution in [0, 0.1) is 5.92 Å². The molecular weight excluding hydrogens is 330 g/mol. The van der Waals surface area contributed by atoms with E-state index in [2.05, 4.69) is 15.6 Å². The lowest BCUT2D eigenvalue weighted by Gasteiger charge is -2.20. The zero-order valence-electron chi connectivity index (χ0n) is 12.7. The molecule has 1 aromatic carbocycles. The van der Waals surface area contributed by atoms with Gasteiger partial charge >= 0.3 is 0 Å². The highest BCUT2D eigenvalue weighted by Gasteiger charge is 2.25. The van der Waals surface area contributed by atoms with Crippen molar-refractivity contribution in [3.05, 3.63) is 23.6 Å². The second-order valence-electron chi connectivity index (χ2n) is 5.63. The predicted octanol–water partition coefficient (Wildman–Crippen LogP) is 2.00. The maximum absolute atomic E-state index is 12.2. The van der Waals surface area contributed by atoms with Gasteiger partial charge in [-0.25, -0.2) is 4.98 Å². The summed E-state index contributed by atoms with van der Waals surface area (Å²) in [4.78, 5) is 27.9. The van der Waals surface area contributed by atoms with Gasteiger partial charge in [-0.2, -0.15) is 0 Å². The topological polar surface area (TPSA) is 89.6 Å². The molecule has 1 saturated heterocycles. The van der Waals surface area contributed by atoms with Crippen molar-refractivity contribution in [2.45, 2.75) is 12.8 Å². The highest BCUT2D eigenvalue weighted by atomic mass is 32.1. The van der Waals surface area contributed by atoms with Crippen molar-refractivity contribution in [2.24, 2.45) is 5.92 Å². The number of piperidine rings is 1. The third-order valence-electron chi connectivity index (χ3n) is 4.04. The number of thiazole rings is 1. The number of ether oxygens (including phenoxy) is 2. The molecule has 2 aromatic rings. The van der Waals surface area contributed by atoms with Crippen molar-refractivity contribution in [1.82, 2.24) is 10.3 Å². The summed E-state index contributed by atoms with van der Waals surface area (Å²) in [6.07, 6.45) is 0.955. The maximum Gasteiger partial charge on any atom is 0.231 e. The Balaban J connectivity index is 1.45. The lowest BCUT2D eigenvalue weighted by Crippen LogP contribution is -2.40. The van der Waals surface area contributed by atoms with E-state index in [1.165, 1.54) is 11.3 Å². The average molecular weight is 345 g/mol. The molecule has 0 spiro atoms. The number of hydrogen-bond donors (Lipinski definition) is 2. The quantitative estimate of drug-likeness (QED) is 0.888. The summed E-state index contributed by atoms with van der Waals surface area (Å²) in [6, 6.07) is 5.63. The number of nitrogens with zero attached hydrogens (tertiary/aromatic N) is 1. The molecule has 0 bridgehead atoms. The fraction of sp³-hybridized carbons (Fsp3) is 0.312. The molecule has 1 aromatic heterocycles. The van der Waals surface area contributed by atoms with Gasteiger partial charge in [0.2, 0.25) is 18.6 Å². The summed E-state index contributed by atoms with van der Waals surface area (Å²) in [5, 5.41) is 7.97. The largest absolute Gasteiger partial charge is 0.454 e. The Hall–Kier alpha value is -2.61. The smallest absolute Gasteiger partial charge is 0.231 e. The van der Waals surface area contributed by atoms with Crippen LogP contribution in [0.25, 0.3) is 11.3 Å². The predicted molar refractivity (Wildman–Crippen MR) is 88.0 cm³/mol. The first-order chi connectivity index (χ1) is 11.7. The van der Waals surface area contributed by atoms with Crippen LogP contribution in [-0.2, 0) is 9.59 Å². The van der Waals surface area contributed by atoms with E-state index in [9.17, 15) is 9.59 Å². The van der Waals surface area contributed by atoms with Gasteiger partial charge in [-0.3, -0.25) is 9.59 Å². The molecule has 4 rings (SSSR count). The van der Waals surface area contributed by atoms with Crippen molar-refractivity contribution < 1.29 is 19.1 Å². The molecule has 2 aliphatic rings. The van der Waals surface area contributed by atoms with Gasteiger partial charge in [0.05, 0.1) is 11.6 Å². The van der Waals surface area contributed by atoms with Crippen LogP contribution in [0.15, 0.2) is 23.6 Å². The molecular formula is C16H15N3O4S. The number of carbonyl (C=O) groups is 2. The van der Waals surface area contributed by atoms with E-state index in [1.807, 2.05) is 23.6 Å². The molecule has 1 atom stereocenters. The molecule has 124 valence electrons. The Morgan fingerprint density at radius 2 is 2.21 bits per heavy atom. The van der Waals surface area contributed by atoms with Gasteiger partial charge in [-0.15, -0.1) is 11.3 Å². The Bertz CT molecular complexity index is 794. The minimum absolute atomic E-state index is 0.00149. The fourth-order valence-electron chi connectivity index (χ4n) is 2.68. The zero-order chi connectivity index (χ0) is 16.5. The number of rotatable bonds is 3. The fourth-order valence-corrected chi connectivity index (χ4v) is 3.41. The van der Waals surface area contributed by atoms with Crippen LogP contribution < -0.4 is 20.1 Å². The summed E-state index contributed by atoms with van der Waals surface area (Å²) >= 11 is 1.37. The average Bonchev–Trinajstić information content (AvgIpc) is 3.23. The Morgan fingerprint density at radius 3 is 3.04 bits per heavy atom. The van der Waals surface area contributed by atoms with Crippen LogP contribution in [0.3, 0.4) is 0 Å². The van der Waals surface area contributed by atoms with Gasteiger partial charge < -0.3 is 20.1 Å².